The van der Waals surface area contributed by atoms with Crippen LogP contribution in [0.25, 0.3) is 0 Å². The topological polar surface area (TPSA) is 114 Å². The average molecular weight is 541 g/mol. The predicted molar refractivity (Wildman–Crippen MR) is 166 cm³/mol. The van der Waals surface area contributed by atoms with Crippen LogP contribution in [0, 0.1) is 0 Å². The fraction of sp³-hybridized carbons (Fsp3) is 0.818. The zero-order valence-electron chi connectivity index (χ0n) is 25.4. The summed E-state index contributed by atoms with van der Waals surface area (Å²) in [6, 6.07) is 2.07. The maximum Gasteiger partial charge on any atom is 0.0222 e. The summed E-state index contributed by atoms with van der Waals surface area (Å²) in [6.07, 6.45) is 17.8. The van der Waals surface area contributed by atoms with Crippen molar-refractivity contribution in [1.29, 1.82) is 0 Å². The van der Waals surface area contributed by atoms with E-state index in [0.717, 1.165) is 58.2 Å². The van der Waals surface area contributed by atoms with Gasteiger partial charge in [-0.1, -0.05) is 59.3 Å². The minimum atomic E-state index is 0.270. The molecule has 6 atom stereocenters. The molecule has 1 aromatic carbocycles. The van der Waals surface area contributed by atoms with Crippen LogP contribution in [0.15, 0.2) is 0 Å². The largest absolute Gasteiger partial charge is 0.326 e. The van der Waals surface area contributed by atoms with E-state index < -0.39 is 0 Å². The molecule has 9 N–H and O–H groups in total. The first-order chi connectivity index (χ1) is 19.0. The molecule has 4 rings (SSSR count). The highest BCUT2D eigenvalue weighted by molar-refractivity contribution is 5.52. The standard InChI is InChI=1S/C33H60N6/c1-4-22-25(19-37-31-16-10-7-13-28(31)34)23(5-2)27(21-39-33-18-12-9-15-30(33)36)24(6-3)26(22)20-38-32-17-11-8-14-29(32)35/h28-33,37-39H,4-21,34-36H2,1-3H3/t28-,29-,30-,31-,32-,33-/m0/s1. The molecule has 6 nitrogen and oxygen atoms in total. The highest BCUT2D eigenvalue weighted by atomic mass is 15.0. The molecule has 0 aliphatic heterocycles. The summed E-state index contributed by atoms with van der Waals surface area (Å²) < 4.78 is 0. The van der Waals surface area contributed by atoms with Gasteiger partial charge in [0.25, 0.3) is 0 Å². The molecule has 3 aliphatic carbocycles. The Morgan fingerprint density at radius 1 is 0.436 bits per heavy atom. The molecule has 3 saturated carbocycles. The molecule has 39 heavy (non-hydrogen) atoms. The maximum absolute atomic E-state index is 6.57. The van der Waals surface area contributed by atoms with Crippen LogP contribution in [0.1, 0.15) is 131 Å². The van der Waals surface area contributed by atoms with Crippen molar-refractivity contribution in [1.82, 2.24) is 16.0 Å². The van der Waals surface area contributed by atoms with Crippen LogP contribution in [0.2, 0.25) is 0 Å². The van der Waals surface area contributed by atoms with Gasteiger partial charge in [-0.3, -0.25) is 0 Å². The van der Waals surface area contributed by atoms with Crippen LogP contribution < -0.4 is 33.2 Å². The van der Waals surface area contributed by atoms with Gasteiger partial charge in [0.05, 0.1) is 0 Å². The summed E-state index contributed by atoms with van der Waals surface area (Å²) in [4.78, 5) is 0. The SMILES string of the molecule is CCc1c(CN[C@H]2CCCC[C@@H]2N)c(CC)c(CN[C@H]2CCCC[C@@H]2N)c(CC)c1CN[C@H]1CCCC[C@@H]1N. The molecule has 0 saturated heterocycles. The Kier molecular flexibility index (Phi) is 12.1. The van der Waals surface area contributed by atoms with Crippen molar-refractivity contribution in [2.75, 3.05) is 0 Å². The van der Waals surface area contributed by atoms with E-state index in [2.05, 4.69) is 36.7 Å². The van der Waals surface area contributed by atoms with E-state index in [4.69, 9.17) is 17.2 Å². The van der Waals surface area contributed by atoms with Gasteiger partial charge in [-0.2, -0.15) is 0 Å². The molecule has 0 radical (unpaired) electrons. The van der Waals surface area contributed by atoms with Gasteiger partial charge in [0.15, 0.2) is 0 Å². The van der Waals surface area contributed by atoms with Crippen molar-refractivity contribution in [2.45, 2.75) is 173 Å². The monoisotopic (exact) mass is 540 g/mol. The predicted octanol–water partition coefficient (Wildman–Crippen LogP) is 4.45. The summed E-state index contributed by atoms with van der Waals surface area (Å²) in [5, 5.41) is 11.8. The van der Waals surface area contributed by atoms with Crippen molar-refractivity contribution < 1.29 is 0 Å². The van der Waals surface area contributed by atoms with Crippen LogP contribution in [0.4, 0.5) is 0 Å². The number of hydrogen-bond acceptors (Lipinski definition) is 6. The number of benzene rings is 1. The van der Waals surface area contributed by atoms with Crippen LogP contribution in [-0.4, -0.2) is 36.3 Å². The Balaban J connectivity index is 1.68. The molecule has 1 aromatic rings. The van der Waals surface area contributed by atoms with Gasteiger partial charge in [-0.05, 0) is 91.2 Å². The molecule has 3 aliphatic rings. The summed E-state index contributed by atoms with van der Waals surface area (Å²) in [5.74, 6) is 0. The fourth-order valence-corrected chi connectivity index (χ4v) is 7.95. The van der Waals surface area contributed by atoms with Gasteiger partial charge in [-0.25, -0.2) is 0 Å². The maximum atomic E-state index is 6.57. The molecule has 0 bridgehead atoms. The van der Waals surface area contributed by atoms with Gasteiger partial charge < -0.3 is 33.2 Å². The molecule has 6 heteroatoms. The molecule has 0 heterocycles. The van der Waals surface area contributed by atoms with Crippen LogP contribution in [-0.2, 0) is 38.9 Å². The highest BCUT2D eigenvalue weighted by Gasteiger charge is 2.28. The molecule has 0 unspecified atom stereocenters. The zero-order chi connectivity index (χ0) is 27.8. The molecule has 0 amide bonds. The number of nitrogens with one attached hydrogen (secondary N) is 3. The van der Waals surface area contributed by atoms with Crippen molar-refractivity contribution in [3.63, 3.8) is 0 Å². The number of nitrogens with two attached hydrogens (primary N) is 3. The van der Waals surface area contributed by atoms with E-state index >= 15 is 0 Å². The minimum Gasteiger partial charge on any atom is -0.326 e. The van der Waals surface area contributed by atoms with E-state index in [-0.39, 0.29) is 18.1 Å². The Bertz CT molecular complexity index is 765. The molecule has 3 fully saturated rings. The Hall–Kier alpha value is -1.02. The van der Waals surface area contributed by atoms with Gasteiger partial charge >= 0.3 is 0 Å². The van der Waals surface area contributed by atoms with Gasteiger partial charge in [0, 0.05) is 55.9 Å². The highest BCUT2D eigenvalue weighted by Crippen LogP contribution is 2.32. The number of hydrogen-bond donors (Lipinski definition) is 6. The van der Waals surface area contributed by atoms with Crippen LogP contribution in [0.5, 0.6) is 0 Å². The lowest BCUT2D eigenvalue weighted by molar-refractivity contribution is 0.322. The minimum absolute atomic E-state index is 0.270. The molecule has 0 aromatic heterocycles. The first-order valence-electron chi connectivity index (χ1n) is 16.6. The second-order valence-electron chi connectivity index (χ2n) is 12.7. The lowest BCUT2D eigenvalue weighted by Crippen LogP contribution is -2.48. The Morgan fingerprint density at radius 2 is 0.692 bits per heavy atom. The summed E-state index contributed by atoms with van der Waals surface area (Å²) in [7, 11) is 0. The van der Waals surface area contributed by atoms with Crippen LogP contribution in [0.3, 0.4) is 0 Å². The zero-order valence-corrected chi connectivity index (χ0v) is 25.4. The lowest BCUT2D eigenvalue weighted by atomic mass is 9.82. The molecule has 222 valence electrons. The van der Waals surface area contributed by atoms with Crippen molar-refractivity contribution in [3.05, 3.63) is 33.4 Å². The third-order valence-electron chi connectivity index (χ3n) is 10.3. The summed E-state index contributed by atoms with van der Waals surface area (Å²) in [6.45, 7) is 9.79. The van der Waals surface area contributed by atoms with Gasteiger partial charge in [-0.15, -0.1) is 0 Å². The van der Waals surface area contributed by atoms with Gasteiger partial charge in [0.1, 0.15) is 0 Å². The van der Waals surface area contributed by atoms with Crippen molar-refractivity contribution in [3.8, 4) is 0 Å². The van der Waals surface area contributed by atoms with Crippen molar-refractivity contribution in [2.24, 2.45) is 17.2 Å². The first-order valence-corrected chi connectivity index (χ1v) is 16.6. The van der Waals surface area contributed by atoms with E-state index in [1.807, 2.05) is 0 Å². The molecule has 0 spiro atoms. The second kappa shape index (κ2) is 15.3. The smallest absolute Gasteiger partial charge is 0.0222 e. The van der Waals surface area contributed by atoms with E-state index in [1.165, 1.54) is 74.5 Å². The van der Waals surface area contributed by atoms with E-state index in [1.54, 1.807) is 16.7 Å². The lowest BCUT2D eigenvalue weighted by Gasteiger charge is -2.34. The number of rotatable bonds is 12. The average Bonchev–Trinajstić information content (AvgIpc) is 2.95. The van der Waals surface area contributed by atoms with E-state index in [0.29, 0.717) is 18.1 Å². The third kappa shape index (κ3) is 7.64. The molecular formula is C33H60N6. The van der Waals surface area contributed by atoms with Crippen molar-refractivity contribution >= 4 is 0 Å². The Labute approximate surface area is 239 Å². The van der Waals surface area contributed by atoms with E-state index in [9.17, 15) is 0 Å². The van der Waals surface area contributed by atoms with Crippen LogP contribution >= 0.6 is 0 Å². The quantitative estimate of drug-likeness (QED) is 0.233. The normalized spacial score (nSPS) is 30.0. The summed E-state index contributed by atoms with van der Waals surface area (Å²) >= 11 is 0. The fourth-order valence-electron chi connectivity index (χ4n) is 7.95. The van der Waals surface area contributed by atoms with Gasteiger partial charge in [0.2, 0.25) is 0 Å². The Morgan fingerprint density at radius 3 is 0.923 bits per heavy atom. The molecular weight excluding hydrogens is 480 g/mol. The summed E-state index contributed by atoms with van der Waals surface area (Å²) in [5.41, 5.74) is 29.0. The first kappa shape index (κ1) is 30.9. The third-order valence-corrected chi connectivity index (χ3v) is 10.3. The second-order valence-corrected chi connectivity index (χ2v) is 12.7.